The Morgan fingerprint density at radius 3 is 2.26 bits per heavy atom. The summed E-state index contributed by atoms with van der Waals surface area (Å²) in [6.45, 7) is 1.90. The molecule has 0 unspecified atom stereocenters. The van der Waals surface area contributed by atoms with E-state index in [2.05, 4.69) is 14.8 Å². The Morgan fingerprint density at radius 2 is 1.65 bits per heavy atom. The van der Waals surface area contributed by atoms with E-state index in [1.54, 1.807) is 40.9 Å². The largest absolute Gasteiger partial charge is 0.270 e. The first-order valence-electron chi connectivity index (χ1n) is 9.21. The second kappa shape index (κ2) is 7.00. The van der Waals surface area contributed by atoms with Crippen molar-refractivity contribution in [3.8, 4) is 0 Å². The third-order valence-electron chi connectivity index (χ3n) is 4.92. The van der Waals surface area contributed by atoms with E-state index < -0.39 is 10.0 Å². The lowest BCUT2D eigenvalue weighted by atomic mass is 10.1. The number of aryl methyl sites for hydroxylation is 1. The maximum Gasteiger partial charge on any atom is 0.264 e. The molecule has 0 fully saturated rings. The smallest absolute Gasteiger partial charge is 0.264 e. The molecule has 0 radical (unpaired) electrons. The van der Waals surface area contributed by atoms with Crippen LogP contribution in [0.2, 0.25) is 0 Å². The Labute approximate surface area is 181 Å². The minimum absolute atomic E-state index is 0.00921. The van der Waals surface area contributed by atoms with Gasteiger partial charge >= 0.3 is 0 Å². The Morgan fingerprint density at radius 1 is 1.00 bits per heavy atom. The molecule has 0 bridgehead atoms. The van der Waals surface area contributed by atoms with Gasteiger partial charge in [-0.3, -0.25) is 14.5 Å². The minimum Gasteiger partial charge on any atom is -0.270 e. The van der Waals surface area contributed by atoms with Crippen LogP contribution in [0.1, 0.15) is 32.0 Å². The van der Waals surface area contributed by atoms with E-state index in [0.717, 1.165) is 10.6 Å². The van der Waals surface area contributed by atoms with Crippen molar-refractivity contribution in [2.75, 3.05) is 4.72 Å². The fourth-order valence-corrected chi connectivity index (χ4v) is 5.09. The van der Waals surface area contributed by atoms with Crippen molar-refractivity contribution in [2.45, 2.75) is 18.4 Å². The van der Waals surface area contributed by atoms with E-state index >= 15 is 0 Å². The number of carbonyl (C=O) groups is 2. The summed E-state index contributed by atoms with van der Waals surface area (Å²) in [7, 11) is -3.89. The molecule has 156 valence electrons. The fraction of sp³-hybridized carbons (Fsp3) is 0.100. The van der Waals surface area contributed by atoms with E-state index in [1.165, 1.54) is 23.5 Å². The number of benzene rings is 2. The van der Waals surface area contributed by atoms with Crippen molar-refractivity contribution >= 4 is 44.1 Å². The number of anilines is 1. The van der Waals surface area contributed by atoms with E-state index in [9.17, 15) is 18.0 Å². The normalized spacial score (nSPS) is 13.8. The molecule has 0 aliphatic carbocycles. The number of imide groups is 1. The summed E-state index contributed by atoms with van der Waals surface area (Å²) in [6, 6.07) is 12.6. The van der Waals surface area contributed by atoms with Crippen molar-refractivity contribution in [2.24, 2.45) is 0 Å². The lowest BCUT2D eigenvalue weighted by molar-refractivity contribution is 0.0642. The van der Waals surface area contributed by atoms with Crippen LogP contribution in [0.25, 0.3) is 4.96 Å². The van der Waals surface area contributed by atoms with E-state index in [0.29, 0.717) is 21.7 Å². The van der Waals surface area contributed by atoms with Crippen LogP contribution in [-0.2, 0) is 16.6 Å². The number of rotatable bonds is 5. The van der Waals surface area contributed by atoms with Gasteiger partial charge in [0.2, 0.25) is 4.96 Å². The first-order chi connectivity index (χ1) is 14.8. The van der Waals surface area contributed by atoms with Crippen molar-refractivity contribution in [1.82, 2.24) is 19.5 Å². The van der Waals surface area contributed by atoms with Crippen LogP contribution < -0.4 is 4.72 Å². The number of amides is 2. The predicted molar refractivity (Wildman–Crippen MR) is 113 cm³/mol. The number of fused-ring (bicyclic) bond motifs is 2. The number of hydrogen-bond acceptors (Lipinski definition) is 7. The Bertz CT molecular complexity index is 1420. The van der Waals surface area contributed by atoms with Gasteiger partial charge in [-0.2, -0.15) is 4.98 Å². The summed E-state index contributed by atoms with van der Waals surface area (Å²) >= 11 is 1.36. The second-order valence-electron chi connectivity index (χ2n) is 7.00. The van der Waals surface area contributed by atoms with Crippen LogP contribution in [0.3, 0.4) is 0 Å². The molecular formula is C20H15N5O4S2. The Hall–Kier alpha value is -3.57. The monoisotopic (exact) mass is 453 g/mol. The third-order valence-corrected chi connectivity index (χ3v) is 7.20. The van der Waals surface area contributed by atoms with Crippen LogP contribution in [0, 0.1) is 6.92 Å². The molecule has 4 aromatic rings. The summed E-state index contributed by atoms with van der Waals surface area (Å²) in [5.41, 5.74) is 2.23. The molecule has 2 aromatic carbocycles. The lowest BCUT2D eigenvalue weighted by Gasteiger charge is -2.14. The van der Waals surface area contributed by atoms with Crippen LogP contribution in [0.5, 0.6) is 0 Å². The van der Waals surface area contributed by atoms with Crippen LogP contribution in [0.4, 0.5) is 5.95 Å². The molecular weight excluding hydrogens is 438 g/mol. The van der Waals surface area contributed by atoms with Crippen molar-refractivity contribution < 1.29 is 18.0 Å². The molecule has 0 saturated carbocycles. The zero-order valence-electron chi connectivity index (χ0n) is 16.1. The molecule has 5 rings (SSSR count). The number of carbonyl (C=O) groups excluding carboxylic acids is 2. The molecule has 1 aliphatic heterocycles. The van der Waals surface area contributed by atoms with Crippen molar-refractivity contribution in [1.29, 1.82) is 0 Å². The topological polar surface area (TPSA) is 114 Å². The highest BCUT2D eigenvalue weighted by atomic mass is 32.2. The summed E-state index contributed by atoms with van der Waals surface area (Å²) < 4.78 is 29.3. The fourth-order valence-electron chi connectivity index (χ4n) is 3.35. The van der Waals surface area contributed by atoms with E-state index in [4.69, 9.17) is 0 Å². The van der Waals surface area contributed by atoms with Gasteiger partial charge in [0.25, 0.3) is 27.8 Å². The van der Waals surface area contributed by atoms with Crippen LogP contribution >= 0.6 is 11.3 Å². The number of hydrogen-bond donors (Lipinski definition) is 1. The average molecular weight is 454 g/mol. The molecule has 31 heavy (non-hydrogen) atoms. The van der Waals surface area contributed by atoms with Gasteiger partial charge in [-0.25, -0.2) is 17.7 Å². The number of nitrogens with one attached hydrogen (secondary N) is 1. The molecule has 0 saturated heterocycles. The molecule has 3 heterocycles. The molecule has 9 nitrogen and oxygen atoms in total. The maximum absolute atomic E-state index is 12.7. The highest BCUT2D eigenvalue weighted by Gasteiger charge is 2.35. The van der Waals surface area contributed by atoms with Crippen molar-refractivity contribution in [3.63, 3.8) is 0 Å². The second-order valence-corrected chi connectivity index (χ2v) is 9.52. The number of aromatic nitrogens is 3. The SMILES string of the molecule is Cc1csc2nc(NS(=O)(=O)c3ccc(CN4C(=O)c5ccccc5C4=O)cc3)nn12. The van der Waals surface area contributed by atoms with Gasteiger partial charge < -0.3 is 0 Å². The molecule has 1 N–H and O–H groups in total. The number of thiazole rings is 1. The quantitative estimate of drug-likeness (QED) is 0.465. The van der Waals surface area contributed by atoms with Gasteiger partial charge in [-0.1, -0.05) is 24.3 Å². The van der Waals surface area contributed by atoms with Crippen molar-refractivity contribution in [3.05, 3.63) is 76.3 Å². The van der Waals surface area contributed by atoms with E-state index in [-0.39, 0.29) is 29.2 Å². The highest BCUT2D eigenvalue weighted by molar-refractivity contribution is 7.92. The van der Waals surface area contributed by atoms with Crippen LogP contribution in [0.15, 0.2) is 58.8 Å². The lowest BCUT2D eigenvalue weighted by Crippen LogP contribution is -2.29. The average Bonchev–Trinajstić information content (AvgIpc) is 3.38. The highest BCUT2D eigenvalue weighted by Crippen LogP contribution is 2.25. The van der Waals surface area contributed by atoms with Gasteiger partial charge in [-0.05, 0) is 36.8 Å². The standard InChI is InChI=1S/C20H15N5O4S2/c1-12-11-30-20-21-19(22-25(12)20)23-31(28,29)14-8-6-13(7-9-14)10-24-17(26)15-4-2-3-5-16(15)18(24)27/h2-9,11H,10H2,1H3,(H,22,23). The number of nitrogens with zero attached hydrogens (tertiary/aromatic N) is 4. The summed E-state index contributed by atoms with van der Waals surface area (Å²) in [5, 5.41) is 6.03. The van der Waals surface area contributed by atoms with Gasteiger partial charge in [0, 0.05) is 5.38 Å². The predicted octanol–water partition coefficient (Wildman–Crippen LogP) is 2.70. The molecule has 0 spiro atoms. The van der Waals surface area contributed by atoms with E-state index in [1.807, 2.05) is 12.3 Å². The molecule has 11 heteroatoms. The van der Waals surface area contributed by atoms with Crippen LogP contribution in [-0.4, -0.2) is 39.7 Å². The zero-order valence-corrected chi connectivity index (χ0v) is 17.8. The minimum atomic E-state index is -3.89. The summed E-state index contributed by atoms with van der Waals surface area (Å²) in [5.74, 6) is -0.731. The molecule has 1 aliphatic rings. The zero-order chi connectivity index (χ0) is 21.8. The summed E-state index contributed by atoms with van der Waals surface area (Å²) in [6.07, 6.45) is 0. The molecule has 2 amide bonds. The molecule has 2 aromatic heterocycles. The van der Waals surface area contributed by atoms with Gasteiger partial charge in [0.1, 0.15) is 0 Å². The van der Waals surface area contributed by atoms with Gasteiger partial charge in [0.05, 0.1) is 28.3 Å². The first-order valence-corrected chi connectivity index (χ1v) is 11.6. The Kier molecular flexibility index (Phi) is 4.38. The first kappa shape index (κ1) is 19.4. The Balaban J connectivity index is 1.34. The van der Waals surface area contributed by atoms with Gasteiger partial charge in [-0.15, -0.1) is 16.4 Å². The maximum atomic E-state index is 12.7. The number of sulfonamides is 1. The summed E-state index contributed by atoms with van der Waals surface area (Å²) in [4.78, 5) is 30.9. The third kappa shape index (κ3) is 3.27. The van der Waals surface area contributed by atoms with Gasteiger partial charge in [0.15, 0.2) is 0 Å². The molecule has 0 atom stereocenters.